The lowest BCUT2D eigenvalue weighted by Gasteiger charge is -2.39. The summed E-state index contributed by atoms with van der Waals surface area (Å²) >= 11 is 0. The second-order valence-electron chi connectivity index (χ2n) is 10.6. The molecule has 2 N–H and O–H groups in total. The largest absolute Gasteiger partial charge is 0.496 e. The van der Waals surface area contributed by atoms with E-state index in [2.05, 4.69) is 5.32 Å². The molecule has 2 aromatic rings. The molecule has 1 aliphatic carbocycles. The van der Waals surface area contributed by atoms with Gasteiger partial charge < -0.3 is 19.9 Å². The van der Waals surface area contributed by atoms with Crippen molar-refractivity contribution >= 4 is 17.6 Å². The first-order valence-corrected chi connectivity index (χ1v) is 12.3. The highest BCUT2D eigenvalue weighted by molar-refractivity contribution is 5.99. The second kappa shape index (κ2) is 10.2. The van der Waals surface area contributed by atoms with Gasteiger partial charge in [-0.3, -0.25) is 4.79 Å². The second-order valence-corrected chi connectivity index (χ2v) is 10.6. The van der Waals surface area contributed by atoms with Crippen molar-refractivity contribution in [1.82, 2.24) is 0 Å². The third-order valence-corrected chi connectivity index (χ3v) is 7.41. The predicted octanol–water partition coefficient (Wildman–Crippen LogP) is 5.46. The lowest BCUT2D eigenvalue weighted by Crippen LogP contribution is -2.49. The Kier molecular flexibility index (Phi) is 7.36. The Hall–Kier alpha value is -3.00. The summed E-state index contributed by atoms with van der Waals surface area (Å²) in [5.74, 6) is -1.58. The standard InChI is InChI=1S/C28H33F2NO5/c1-27(2,22-13-19(29)8-11-24(22)35-3)16-28(34,14-17-6-4-5-7-23(17)30)26(33)31-20-9-10-21-18(12-20)15-36-25(21)32/h8-13,17,23,34H,4-7,14-16H2,1-3H3,(H,31,33)/t17-,23?,28?/m1/s1. The molecule has 4 rings (SSSR count). The van der Waals surface area contributed by atoms with Crippen molar-refractivity contribution < 1.29 is 33.0 Å². The summed E-state index contributed by atoms with van der Waals surface area (Å²) in [6, 6.07) is 8.92. The van der Waals surface area contributed by atoms with Gasteiger partial charge in [0.25, 0.3) is 5.91 Å². The van der Waals surface area contributed by atoms with Crippen molar-refractivity contribution in [2.75, 3.05) is 12.4 Å². The summed E-state index contributed by atoms with van der Waals surface area (Å²) in [6.07, 6.45) is 1.36. The van der Waals surface area contributed by atoms with E-state index in [1.165, 1.54) is 25.3 Å². The maximum atomic E-state index is 14.8. The van der Waals surface area contributed by atoms with Crippen molar-refractivity contribution in [1.29, 1.82) is 0 Å². The Labute approximate surface area is 210 Å². The summed E-state index contributed by atoms with van der Waals surface area (Å²) < 4.78 is 39.4. The number of benzene rings is 2. The highest BCUT2D eigenvalue weighted by Crippen LogP contribution is 2.42. The maximum Gasteiger partial charge on any atom is 0.338 e. The number of ether oxygens (including phenoxy) is 2. The molecule has 8 heteroatoms. The summed E-state index contributed by atoms with van der Waals surface area (Å²) in [5, 5.41) is 14.6. The fraction of sp³-hybridized carbons (Fsp3) is 0.500. The molecule has 194 valence electrons. The van der Waals surface area contributed by atoms with Gasteiger partial charge in [-0.1, -0.05) is 26.7 Å². The number of fused-ring (bicyclic) bond motifs is 1. The maximum absolute atomic E-state index is 14.8. The molecule has 0 saturated heterocycles. The molecular formula is C28H33F2NO5. The molecule has 1 fully saturated rings. The molecule has 1 heterocycles. The minimum atomic E-state index is -1.95. The van der Waals surface area contributed by atoms with Crippen molar-refractivity contribution in [3.05, 3.63) is 58.9 Å². The van der Waals surface area contributed by atoms with Crippen molar-refractivity contribution in [2.24, 2.45) is 5.92 Å². The number of rotatable bonds is 8. The van der Waals surface area contributed by atoms with Crippen molar-refractivity contribution in [3.8, 4) is 5.75 Å². The zero-order valence-corrected chi connectivity index (χ0v) is 20.9. The smallest absolute Gasteiger partial charge is 0.338 e. The molecule has 0 spiro atoms. The molecule has 3 atom stereocenters. The molecule has 2 aliphatic rings. The van der Waals surface area contributed by atoms with Crippen LogP contribution in [-0.2, 0) is 21.6 Å². The number of methoxy groups -OCH3 is 1. The number of carbonyl (C=O) groups excluding carboxylic acids is 2. The van der Waals surface area contributed by atoms with Crippen LogP contribution in [-0.4, -0.2) is 35.9 Å². The van der Waals surface area contributed by atoms with Gasteiger partial charge in [0, 0.05) is 16.8 Å². The molecule has 0 radical (unpaired) electrons. The van der Waals surface area contributed by atoms with Gasteiger partial charge in [0.05, 0.1) is 12.7 Å². The van der Waals surface area contributed by atoms with Gasteiger partial charge in [-0.15, -0.1) is 0 Å². The van der Waals surface area contributed by atoms with Crippen LogP contribution in [0.1, 0.15) is 73.9 Å². The number of aliphatic hydroxyl groups is 1. The number of carbonyl (C=O) groups is 2. The zero-order valence-electron chi connectivity index (χ0n) is 20.9. The minimum Gasteiger partial charge on any atom is -0.496 e. The molecule has 1 aliphatic heterocycles. The van der Waals surface area contributed by atoms with E-state index in [-0.39, 0.29) is 19.4 Å². The Morgan fingerprint density at radius 3 is 2.67 bits per heavy atom. The van der Waals surface area contributed by atoms with Gasteiger partial charge in [-0.2, -0.15) is 0 Å². The van der Waals surface area contributed by atoms with E-state index in [1.807, 2.05) is 0 Å². The summed E-state index contributed by atoms with van der Waals surface area (Å²) in [5.41, 5.74) is -0.856. The molecule has 2 aromatic carbocycles. The number of amides is 1. The van der Waals surface area contributed by atoms with Gasteiger partial charge in [0.15, 0.2) is 0 Å². The lowest BCUT2D eigenvalue weighted by atomic mass is 9.70. The van der Waals surface area contributed by atoms with E-state index in [1.54, 1.807) is 32.0 Å². The number of hydrogen-bond donors (Lipinski definition) is 2. The zero-order chi connectivity index (χ0) is 26.1. The number of esters is 1. The SMILES string of the molecule is COc1ccc(F)cc1C(C)(C)CC(O)(C[C@H]1CCCCC1F)C(=O)Nc1ccc2c(c1)COC2=O. The lowest BCUT2D eigenvalue weighted by molar-refractivity contribution is -0.139. The van der Waals surface area contributed by atoms with Gasteiger partial charge >= 0.3 is 5.97 Å². The van der Waals surface area contributed by atoms with E-state index in [0.29, 0.717) is 41.0 Å². The highest BCUT2D eigenvalue weighted by Gasteiger charge is 2.46. The van der Waals surface area contributed by atoms with Crippen LogP contribution in [0.5, 0.6) is 5.75 Å². The fourth-order valence-electron chi connectivity index (χ4n) is 5.57. The first-order chi connectivity index (χ1) is 17.0. The summed E-state index contributed by atoms with van der Waals surface area (Å²) in [7, 11) is 1.48. The Morgan fingerprint density at radius 2 is 1.94 bits per heavy atom. The van der Waals surface area contributed by atoms with Crippen LogP contribution in [0.2, 0.25) is 0 Å². The molecule has 36 heavy (non-hydrogen) atoms. The first kappa shape index (κ1) is 26.1. The van der Waals surface area contributed by atoms with Crippen LogP contribution in [0.4, 0.5) is 14.5 Å². The minimum absolute atomic E-state index is 0.0619. The molecular weight excluding hydrogens is 468 g/mol. The number of nitrogens with one attached hydrogen (secondary N) is 1. The van der Waals surface area contributed by atoms with E-state index in [9.17, 15) is 23.5 Å². The van der Waals surface area contributed by atoms with Crippen molar-refractivity contribution in [3.63, 3.8) is 0 Å². The number of halogens is 2. The average Bonchev–Trinajstić information content (AvgIpc) is 3.20. The third-order valence-electron chi connectivity index (χ3n) is 7.41. The predicted molar refractivity (Wildman–Crippen MR) is 131 cm³/mol. The van der Waals surface area contributed by atoms with Crippen LogP contribution in [0.25, 0.3) is 0 Å². The molecule has 6 nitrogen and oxygen atoms in total. The fourth-order valence-corrected chi connectivity index (χ4v) is 5.57. The van der Waals surface area contributed by atoms with Crippen LogP contribution in [0, 0.1) is 11.7 Å². The molecule has 0 bridgehead atoms. The van der Waals surface area contributed by atoms with Crippen molar-refractivity contribution in [2.45, 2.75) is 76.2 Å². The Balaban J connectivity index is 1.65. The number of alkyl halides is 1. The summed E-state index contributed by atoms with van der Waals surface area (Å²) in [6.45, 7) is 3.71. The number of anilines is 1. The normalized spacial score (nSPS) is 21.3. The molecule has 1 saturated carbocycles. The van der Waals surface area contributed by atoms with Crippen LogP contribution in [0.3, 0.4) is 0 Å². The molecule has 2 unspecified atom stereocenters. The number of hydrogen-bond acceptors (Lipinski definition) is 5. The average molecular weight is 502 g/mol. The topological polar surface area (TPSA) is 84.9 Å². The van der Waals surface area contributed by atoms with Crippen LogP contribution in [0.15, 0.2) is 36.4 Å². The number of cyclic esters (lactones) is 1. The van der Waals surface area contributed by atoms with E-state index in [0.717, 1.165) is 12.8 Å². The molecule has 1 amide bonds. The highest BCUT2D eigenvalue weighted by atomic mass is 19.1. The van der Waals surface area contributed by atoms with Crippen LogP contribution >= 0.6 is 0 Å². The van der Waals surface area contributed by atoms with Gasteiger partial charge in [-0.05, 0) is 73.4 Å². The third kappa shape index (κ3) is 5.38. The summed E-state index contributed by atoms with van der Waals surface area (Å²) in [4.78, 5) is 25.4. The van der Waals surface area contributed by atoms with E-state index in [4.69, 9.17) is 9.47 Å². The Bertz CT molecular complexity index is 1150. The van der Waals surface area contributed by atoms with E-state index < -0.39 is 40.8 Å². The monoisotopic (exact) mass is 501 g/mol. The van der Waals surface area contributed by atoms with Crippen LogP contribution < -0.4 is 10.1 Å². The molecule has 0 aromatic heterocycles. The quantitative estimate of drug-likeness (QED) is 0.469. The Morgan fingerprint density at radius 1 is 1.19 bits per heavy atom. The first-order valence-electron chi connectivity index (χ1n) is 12.3. The van der Waals surface area contributed by atoms with Gasteiger partial charge in [0.1, 0.15) is 29.9 Å². The van der Waals surface area contributed by atoms with Gasteiger partial charge in [0.2, 0.25) is 0 Å². The van der Waals surface area contributed by atoms with E-state index >= 15 is 0 Å². The van der Waals surface area contributed by atoms with Gasteiger partial charge in [-0.25, -0.2) is 13.6 Å².